The highest BCUT2D eigenvalue weighted by molar-refractivity contribution is 5.90. The quantitative estimate of drug-likeness (QED) is 0.205. The molecule has 4 N–H and O–H groups in total. The molecule has 2 heterocycles. The summed E-state index contributed by atoms with van der Waals surface area (Å²) >= 11 is 0. The largest absolute Gasteiger partial charge is 0.369 e. The van der Waals surface area contributed by atoms with Crippen molar-refractivity contribution in [2.45, 2.75) is 45.4 Å². The fourth-order valence-corrected chi connectivity index (χ4v) is 2.92. The number of aryl methyl sites for hydroxylation is 1. The van der Waals surface area contributed by atoms with Crippen molar-refractivity contribution in [3.63, 3.8) is 0 Å². The summed E-state index contributed by atoms with van der Waals surface area (Å²) in [4.78, 5) is 27.4. The topological polar surface area (TPSA) is 108 Å². The van der Waals surface area contributed by atoms with Crippen molar-refractivity contribution in [3.8, 4) is 0 Å². The maximum atomic E-state index is 11.5. The summed E-state index contributed by atoms with van der Waals surface area (Å²) in [5.41, 5.74) is 4.11. The number of amides is 2. The Labute approximate surface area is 165 Å². The van der Waals surface area contributed by atoms with E-state index < -0.39 is 5.91 Å². The zero-order valence-corrected chi connectivity index (χ0v) is 16.5. The summed E-state index contributed by atoms with van der Waals surface area (Å²) < 4.78 is 1.96. The molecule has 8 heteroatoms. The Balaban J connectivity index is 2.23. The SMILES string of the molecule is CCCCCCc1nc2cc(/C=C/C(=O)NO)ccn2c1NCCC(=O)NC. The molecule has 8 nitrogen and oxygen atoms in total. The van der Waals surface area contributed by atoms with E-state index in [4.69, 9.17) is 10.2 Å². The van der Waals surface area contributed by atoms with Crippen LogP contribution in [0.3, 0.4) is 0 Å². The Morgan fingerprint density at radius 2 is 2.11 bits per heavy atom. The van der Waals surface area contributed by atoms with Crippen molar-refractivity contribution in [2.24, 2.45) is 0 Å². The fraction of sp³-hybridized carbons (Fsp3) is 0.450. The molecule has 0 aliphatic rings. The minimum atomic E-state index is -0.587. The first-order valence-corrected chi connectivity index (χ1v) is 9.66. The molecule has 2 aromatic heterocycles. The lowest BCUT2D eigenvalue weighted by atomic mass is 10.1. The number of hydrogen-bond acceptors (Lipinski definition) is 5. The number of unbranched alkanes of at least 4 members (excludes halogenated alkanes) is 3. The molecule has 0 saturated heterocycles. The molecule has 0 aliphatic heterocycles. The Morgan fingerprint density at radius 3 is 2.82 bits per heavy atom. The van der Waals surface area contributed by atoms with Crippen LogP contribution >= 0.6 is 0 Å². The van der Waals surface area contributed by atoms with Crippen molar-refractivity contribution < 1.29 is 14.8 Å². The van der Waals surface area contributed by atoms with E-state index in [0.717, 1.165) is 42.0 Å². The van der Waals surface area contributed by atoms with Crippen molar-refractivity contribution >= 4 is 29.4 Å². The number of nitrogens with zero attached hydrogens (tertiary/aromatic N) is 2. The van der Waals surface area contributed by atoms with E-state index in [2.05, 4.69) is 17.6 Å². The van der Waals surface area contributed by atoms with Crippen LogP contribution in [-0.4, -0.2) is 40.0 Å². The number of aromatic nitrogens is 2. The van der Waals surface area contributed by atoms with Gasteiger partial charge in [-0.25, -0.2) is 10.5 Å². The average Bonchev–Trinajstić information content (AvgIpc) is 3.05. The normalized spacial score (nSPS) is 11.1. The van der Waals surface area contributed by atoms with Gasteiger partial charge in [0.05, 0.1) is 5.69 Å². The zero-order chi connectivity index (χ0) is 20.4. The van der Waals surface area contributed by atoms with Crippen LogP contribution in [0.4, 0.5) is 5.82 Å². The molecule has 2 aromatic rings. The Bertz CT molecular complexity index is 829. The number of pyridine rings is 1. The van der Waals surface area contributed by atoms with Gasteiger partial charge in [0.2, 0.25) is 5.91 Å². The number of rotatable bonds is 11. The second-order valence-corrected chi connectivity index (χ2v) is 6.57. The first-order valence-electron chi connectivity index (χ1n) is 9.66. The standard InChI is InChI=1S/C20H29N5O3/c1-3-4-5-6-7-16-20(22-12-10-18(26)21-2)25-13-11-15(14-17(25)23-16)8-9-19(27)24-28/h8-9,11,13-14,22,28H,3-7,10,12H2,1-2H3,(H,21,26)(H,24,27)/b9-8+. The van der Waals surface area contributed by atoms with E-state index in [9.17, 15) is 9.59 Å². The smallest absolute Gasteiger partial charge is 0.267 e. The molecule has 0 spiro atoms. The Morgan fingerprint density at radius 1 is 1.29 bits per heavy atom. The van der Waals surface area contributed by atoms with E-state index in [1.54, 1.807) is 18.6 Å². The molecule has 28 heavy (non-hydrogen) atoms. The number of hydroxylamine groups is 1. The van der Waals surface area contributed by atoms with Crippen molar-refractivity contribution in [1.29, 1.82) is 0 Å². The van der Waals surface area contributed by atoms with Crippen LogP contribution in [0.25, 0.3) is 11.7 Å². The van der Waals surface area contributed by atoms with Gasteiger partial charge in [0, 0.05) is 32.3 Å². The number of anilines is 1. The second-order valence-electron chi connectivity index (χ2n) is 6.57. The van der Waals surface area contributed by atoms with Gasteiger partial charge in [0.15, 0.2) is 0 Å². The summed E-state index contributed by atoms with van der Waals surface area (Å²) in [6, 6.07) is 3.74. The predicted octanol–water partition coefficient (Wildman–Crippen LogP) is 2.52. The molecular weight excluding hydrogens is 358 g/mol. The zero-order valence-electron chi connectivity index (χ0n) is 16.5. The maximum absolute atomic E-state index is 11.5. The third kappa shape index (κ3) is 6.09. The molecular formula is C20H29N5O3. The lowest BCUT2D eigenvalue weighted by Crippen LogP contribution is -2.21. The summed E-state index contributed by atoms with van der Waals surface area (Å²) in [5.74, 6) is 0.302. The van der Waals surface area contributed by atoms with Crippen LogP contribution in [0, 0.1) is 0 Å². The minimum Gasteiger partial charge on any atom is -0.369 e. The third-order valence-corrected chi connectivity index (χ3v) is 4.45. The number of nitrogens with one attached hydrogen (secondary N) is 3. The van der Waals surface area contributed by atoms with E-state index in [-0.39, 0.29) is 5.91 Å². The van der Waals surface area contributed by atoms with Gasteiger partial charge in [0.1, 0.15) is 11.5 Å². The van der Waals surface area contributed by atoms with Crippen LogP contribution in [-0.2, 0) is 16.0 Å². The van der Waals surface area contributed by atoms with E-state index in [1.807, 2.05) is 22.7 Å². The molecule has 2 amide bonds. The van der Waals surface area contributed by atoms with Gasteiger partial charge < -0.3 is 10.6 Å². The average molecular weight is 387 g/mol. The van der Waals surface area contributed by atoms with Crippen molar-refractivity contribution in [1.82, 2.24) is 20.2 Å². The summed E-state index contributed by atoms with van der Waals surface area (Å²) in [7, 11) is 1.63. The highest BCUT2D eigenvalue weighted by Crippen LogP contribution is 2.22. The first kappa shape index (κ1) is 21.4. The monoisotopic (exact) mass is 387 g/mol. The van der Waals surface area contributed by atoms with Crippen molar-refractivity contribution in [3.05, 3.63) is 35.7 Å². The number of fused-ring (bicyclic) bond motifs is 1. The molecule has 0 aliphatic carbocycles. The molecule has 0 unspecified atom stereocenters. The molecule has 0 atom stereocenters. The highest BCUT2D eigenvalue weighted by Gasteiger charge is 2.12. The van der Waals surface area contributed by atoms with Crippen LogP contribution in [0.1, 0.15) is 50.3 Å². The molecule has 0 bridgehead atoms. The van der Waals surface area contributed by atoms with Crippen LogP contribution in [0.15, 0.2) is 24.4 Å². The number of carbonyl (C=O) groups is 2. The minimum absolute atomic E-state index is 0.0135. The molecule has 152 valence electrons. The lowest BCUT2D eigenvalue weighted by molar-refractivity contribution is -0.124. The number of imidazole rings is 1. The van der Waals surface area contributed by atoms with Gasteiger partial charge in [-0.2, -0.15) is 0 Å². The maximum Gasteiger partial charge on any atom is 0.267 e. The summed E-state index contributed by atoms with van der Waals surface area (Å²) in [5, 5.41) is 14.5. The third-order valence-electron chi connectivity index (χ3n) is 4.45. The predicted molar refractivity (Wildman–Crippen MR) is 109 cm³/mol. The number of carbonyl (C=O) groups excluding carboxylic acids is 2. The van der Waals surface area contributed by atoms with Gasteiger partial charge in [-0.05, 0) is 36.6 Å². The van der Waals surface area contributed by atoms with Gasteiger partial charge in [-0.1, -0.05) is 26.2 Å². The first-order chi connectivity index (χ1) is 13.6. The fourth-order valence-electron chi connectivity index (χ4n) is 2.92. The molecule has 2 rings (SSSR count). The van der Waals surface area contributed by atoms with Crippen molar-refractivity contribution in [2.75, 3.05) is 18.9 Å². The molecule has 0 aromatic carbocycles. The molecule has 0 radical (unpaired) electrons. The van der Waals surface area contributed by atoms with Gasteiger partial charge in [-0.15, -0.1) is 0 Å². The van der Waals surface area contributed by atoms with E-state index in [1.165, 1.54) is 18.9 Å². The molecule has 0 fully saturated rings. The van der Waals surface area contributed by atoms with E-state index in [0.29, 0.717) is 13.0 Å². The van der Waals surface area contributed by atoms with Gasteiger partial charge in [-0.3, -0.25) is 19.2 Å². The molecule has 0 saturated carbocycles. The van der Waals surface area contributed by atoms with Crippen LogP contribution in [0.5, 0.6) is 0 Å². The van der Waals surface area contributed by atoms with E-state index >= 15 is 0 Å². The van der Waals surface area contributed by atoms with Gasteiger partial charge in [0.25, 0.3) is 5.91 Å². The number of hydrogen-bond donors (Lipinski definition) is 4. The van der Waals surface area contributed by atoms with Crippen LogP contribution < -0.4 is 16.1 Å². The lowest BCUT2D eigenvalue weighted by Gasteiger charge is -2.08. The summed E-state index contributed by atoms with van der Waals surface area (Å²) in [6.07, 6.45) is 10.6. The Kier molecular flexibility index (Phi) is 8.48. The highest BCUT2D eigenvalue weighted by atomic mass is 16.5. The van der Waals surface area contributed by atoms with Crippen LogP contribution in [0.2, 0.25) is 0 Å². The van der Waals surface area contributed by atoms with Gasteiger partial charge >= 0.3 is 0 Å². The summed E-state index contributed by atoms with van der Waals surface area (Å²) in [6.45, 7) is 2.70. The second kappa shape index (κ2) is 11.1. The Hall–Kier alpha value is -2.87.